The Hall–Kier alpha value is -2.89. The van der Waals surface area contributed by atoms with Gasteiger partial charge in [-0.2, -0.15) is 0 Å². The Morgan fingerprint density at radius 3 is 2.78 bits per heavy atom. The van der Waals surface area contributed by atoms with Gasteiger partial charge in [0.25, 0.3) is 5.91 Å². The summed E-state index contributed by atoms with van der Waals surface area (Å²) in [7, 11) is 0. The van der Waals surface area contributed by atoms with Gasteiger partial charge in [-0.05, 0) is 36.2 Å². The van der Waals surface area contributed by atoms with E-state index in [-0.39, 0.29) is 22.8 Å². The van der Waals surface area contributed by atoms with E-state index >= 15 is 0 Å². The molecule has 0 bridgehead atoms. The van der Waals surface area contributed by atoms with Gasteiger partial charge >= 0.3 is 5.97 Å². The van der Waals surface area contributed by atoms with E-state index in [4.69, 9.17) is 4.74 Å². The van der Waals surface area contributed by atoms with Gasteiger partial charge in [-0.15, -0.1) is 0 Å². The molecule has 6 heteroatoms. The molecule has 0 aliphatic carbocycles. The van der Waals surface area contributed by atoms with Gasteiger partial charge in [0.05, 0.1) is 6.61 Å². The molecule has 2 rings (SSSR count). The van der Waals surface area contributed by atoms with E-state index in [2.05, 4.69) is 10.3 Å². The molecule has 0 atom stereocenters. The fourth-order valence-corrected chi connectivity index (χ4v) is 1.96. The predicted octanol–water partition coefficient (Wildman–Crippen LogP) is 2.50. The minimum atomic E-state index is -1.13. The summed E-state index contributed by atoms with van der Waals surface area (Å²) in [4.78, 5) is 27.4. The quantitative estimate of drug-likeness (QED) is 0.819. The summed E-state index contributed by atoms with van der Waals surface area (Å²) in [6, 6.07) is 8.02. The predicted molar refractivity (Wildman–Crippen MR) is 84.6 cm³/mol. The highest BCUT2D eigenvalue weighted by Gasteiger charge is 2.15. The van der Waals surface area contributed by atoms with Crippen molar-refractivity contribution in [3.63, 3.8) is 0 Å². The molecule has 0 unspecified atom stereocenters. The number of pyridine rings is 1. The first-order valence-electron chi connectivity index (χ1n) is 7.29. The minimum absolute atomic E-state index is 0.0209. The van der Waals surface area contributed by atoms with Gasteiger partial charge in [0.2, 0.25) is 0 Å². The topological polar surface area (TPSA) is 88.5 Å². The number of aromatic carboxylic acids is 1. The van der Waals surface area contributed by atoms with Crippen LogP contribution in [0.15, 0.2) is 42.7 Å². The van der Waals surface area contributed by atoms with Gasteiger partial charge in [-0.25, -0.2) is 4.79 Å². The monoisotopic (exact) mass is 314 g/mol. The zero-order chi connectivity index (χ0) is 16.7. The number of carbonyl (C=O) groups excluding carboxylic acids is 1. The first-order chi connectivity index (χ1) is 11.1. The maximum atomic E-state index is 12.2. The Morgan fingerprint density at radius 2 is 2.13 bits per heavy atom. The Bertz CT molecular complexity index is 686. The third-order valence-electron chi connectivity index (χ3n) is 3.11. The second-order valence-electron chi connectivity index (χ2n) is 4.91. The van der Waals surface area contributed by atoms with Gasteiger partial charge in [-0.1, -0.05) is 13.0 Å². The largest absolute Gasteiger partial charge is 0.493 e. The van der Waals surface area contributed by atoms with Crippen LogP contribution in [-0.4, -0.2) is 28.6 Å². The summed E-state index contributed by atoms with van der Waals surface area (Å²) in [6.07, 6.45) is 4.08. The third kappa shape index (κ3) is 4.54. The van der Waals surface area contributed by atoms with E-state index in [1.54, 1.807) is 24.5 Å². The van der Waals surface area contributed by atoms with Crippen LogP contribution in [0.4, 0.5) is 0 Å². The lowest BCUT2D eigenvalue weighted by atomic mass is 10.1. The lowest BCUT2D eigenvalue weighted by Gasteiger charge is -2.10. The van der Waals surface area contributed by atoms with E-state index in [9.17, 15) is 14.7 Å². The molecule has 0 saturated carbocycles. The van der Waals surface area contributed by atoms with Crippen molar-refractivity contribution in [2.45, 2.75) is 19.9 Å². The molecule has 6 nitrogen and oxygen atoms in total. The molecule has 0 aliphatic heterocycles. The van der Waals surface area contributed by atoms with Crippen LogP contribution in [0.25, 0.3) is 0 Å². The molecule has 0 radical (unpaired) electrons. The molecule has 2 N–H and O–H groups in total. The number of nitrogens with zero attached hydrogens (tertiary/aromatic N) is 1. The summed E-state index contributed by atoms with van der Waals surface area (Å²) < 4.78 is 5.39. The van der Waals surface area contributed by atoms with Crippen molar-refractivity contribution >= 4 is 11.9 Å². The molecule has 1 amide bonds. The number of carboxylic acid groups (broad SMARTS) is 1. The Balaban J connectivity index is 2.11. The zero-order valence-corrected chi connectivity index (χ0v) is 12.8. The van der Waals surface area contributed by atoms with Crippen molar-refractivity contribution in [2.75, 3.05) is 6.61 Å². The molecule has 23 heavy (non-hydrogen) atoms. The van der Waals surface area contributed by atoms with Crippen LogP contribution in [0.3, 0.4) is 0 Å². The molecule has 1 aromatic heterocycles. The first-order valence-corrected chi connectivity index (χ1v) is 7.29. The Morgan fingerprint density at radius 1 is 1.30 bits per heavy atom. The van der Waals surface area contributed by atoms with Crippen LogP contribution in [0.5, 0.6) is 5.75 Å². The lowest BCUT2D eigenvalue weighted by molar-refractivity contribution is 0.0692. The number of benzene rings is 1. The van der Waals surface area contributed by atoms with Gasteiger partial charge in [-0.3, -0.25) is 9.78 Å². The van der Waals surface area contributed by atoms with Gasteiger partial charge < -0.3 is 15.2 Å². The fourth-order valence-electron chi connectivity index (χ4n) is 1.96. The van der Waals surface area contributed by atoms with Gasteiger partial charge in [0.15, 0.2) is 0 Å². The Kier molecular flexibility index (Phi) is 5.68. The molecular formula is C17H18N2O4. The molecule has 2 aromatic rings. The summed E-state index contributed by atoms with van der Waals surface area (Å²) in [5.41, 5.74) is 1.12. The van der Waals surface area contributed by atoms with Crippen molar-refractivity contribution in [1.82, 2.24) is 10.3 Å². The van der Waals surface area contributed by atoms with Crippen LogP contribution in [0.1, 0.15) is 39.6 Å². The smallest absolute Gasteiger partial charge is 0.339 e. The number of carbonyl (C=O) groups is 2. The van der Waals surface area contributed by atoms with Crippen molar-refractivity contribution in [3.8, 4) is 5.75 Å². The summed E-state index contributed by atoms with van der Waals surface area (Å²) in [5.74, 6) is -1.21. The zero-order valence-electron chi connectivity index (χ0n) is 12.8. The molecule has 0 aliphatic rings. The second-order valence-corrected chi connectivity index (χ2v) is 4.91. The first kappa shape index (κ1) is 16.5. The highest BCUT2D eigenvalue weighted by Crippen LogP contribution is 2.20. The van der Waals surface area contributed by atoms with E-state index in [1.165, 1.54) is 12.1 Å². The number of amides is 1. The number of hydrogen-bond acceptors (Lipinski definition) is 4. The van der Waals surface area contributed by atoms with Crippen LogP contribution >= 0.6 is 0 Å². The van der Waals surface area contributed by atoms with E-state index in [1.807, 2.05) is 13.0 Å². The average molecular weight is 314 g/mol. The maximum Gasteiger partial charge on any atom is 0.339 e. The van der Waals surface area contributed by atoms with Crippen LogP contribution in [0, 0.1) is 0 Å². The van der Waals surface area contributed by atoms with Crippen molar-refractivity contribution in [1.29, 1.82) is 0 Å². The summed E-state index contributed by atoms with van der Waals surface area (Å²) in [6.45, 7) is 2.68. The molecule has 1 heterocycles. The second kappa shape index (κ2) is 7.93. The normalized spacial score (nSPS) is 10.1. The molecule has 1 aromatic carbocycles. The standard InChI is InChI=1S/C17H18N2O4/c1-2-8-23-15-6-5-13(9-14(15)17(21)22)16(20)19-11-12-4-3-7-18-10-12/h3-7,9-10H,2,8,11H2,1H3,(H,19,20)(H,21,22). The van der Waals surface area contributed by atoms with Crippen LogP contribution in [0.2, 0.25) is 0 Å². The molecule has 120 valence electrons. The van der Waals surface area contributed by atoms with E-state index in [0.717, 1.165) is 12.0 Å². The summed E-state index contributed by atoms with van der Waals surface area (Å²) >= 11 is 0. The van der Waals surface area contributed by atoms with Crippen molar-refractivity contribution in [2.24, 2.45) is 0 Å². The van der Waals surface area contributed by atoms with Crippen LogP contribution < -0.4 is 10.1 Å². The Labute approximate surface area is 134 Å². The third-order valence-corrected chi connectivity index (χ3v) is 3.11. The number of hydrogen-bond donors (Lipinski definition) is 2. The molecule has 0 fully saturated rings. The van der Waals surface area contributed by atoms with Crippen LogP contribution in [-0.2, 0) is 6.54 Å². The van der Waals surface area contributed by atoms with Crippen molar-refractivity contribution in [3.05, 3.63) is 59.4 Å². The van der Waals surface area contributed by atoms with E-state index < -0.39 is 5.97 Å². The number of carboxylic acids is 1. The lowest BCUT2D eigenvalue weighted by Crippen LogP contribution is -2.23. The molecule has 0 spiro atoms. The number of aromatic nitrogens is 1. The number of nitrogens with one attached hydrogen (secondary N) is 1. The molecular weight excluding hydrogens is 296 g/mol. The minimum Gasteiger partial charge on any atom is -0.493 e. The average Bonchev–Trinajstić information content (AvgIpc) is 2.58. The fraction of sp³-hybridized carbons (Fsp3) is 0.235. The highest BCUT2D eigenvalue weighted by atomic mass is 16.5. The number of rotatable bonds is 7. The van der Waals surface area contributed by atoms with Gasteiger partial charge in [0, 0.05) is 24.5 Å². The highest BCUT2D eigenvalue weighted by molar-refractivity contribution is 5.98. The summed E-state index contributed by atoms with van der Waals surface area (Å²) in [5, 5.41) is 12.0. The van der Waals surface area contributed by atoms with E-state index in [0.29, 0.717) is 13.2 Å². The maximum absolute atomic E-state index is 12.2. The SMILES string of the molecule is CCCOc1ccc(C(=O)NCc2cccnc2)cc1C(=O)O. The van der Waals surface area contributed by atoms with Gasteiger partial charge in [0.1, 0.15) is 11.3 Å². The number of ether oxygens (including phenoxy) is 1. The molecule has 0 saturated heterocycles. The van der Waals surface area contributed by atoms with Crippen molar-refractivity contribution < 1.29 is 19.4 Å².